The zero-order valence-corrected chi connectivity index (χ0v) is 21.0. The molecule has 2 N–H and O–H groups in total. The van der Waals surface area contributed by atoms with E-state index in [4.69, 9.17) is 9.94 Å². The molecule has 0 bridgehead atoms. The average molecular weight is 505 g/mol. The number of carbonyl (C=O) groups is 1. The van der Waals surface area contributed by atoms with Crippen LogP contribution in [0.15, 0.2) is 41.6 Å². The van der Waals surface area contributed by atoms with Gasteiger partial charge in [-0.25, -0.2) is 0 Å². The largest absolute Gasteiger partial charge is 0.481 e. The van der Waals surface area contributed by atoms with Crippen molar-refractivity contribution in [3.8, 4) is 0 Å². The highest BCUT2D eigenvalue weighted by molar-refractivity contribution is 5.98. The van der Waals surface area contributed by atoms with Gasteiger partial charge in [-0.1, -0.05) is 61.7 Å². The monoisotopic (exact) mass is 504 g/mol. The molecular formula is C28H35F3N2O3. The molecule has 3 rings (SSSR count). The Morgan fingerprint density at radius 1 is 1.11 bits per heavy atom. The summed E-state index contributed by atoms with van der Waals surface area (Å²) in [4.78, 5) is 16.1. The van der Waals surface area contributed by atoms with Crippen LogP contribution in [0.1, 0.15) is 91.7 Å². The van der Waals surface area contributed by atoms with Crippen molar-refractivity contribution >= 4 is 11.7 Å². The molecule has 2 aromatic rings. The number of hydrogen-bond acceptors (Lipinski definition) is 4. The molecule has 1 saturated carbocycles. The van der Waals surface area contributed by atoms with Gasteiger partial charge in [-0.2, -0.15) is 13.2 Å². The van der Waals surface area contributed by atoms with Crippen LogP contribution >= 0.6 is 0 Å². The number of aryl methyl sites for hydroxylation is 1. The molecule has 8 heteroatoms. The van der Waals surface area contributed by atoms with Gasteiger partial charge in [-0.15, -0.1) is 0 Å². The maximum Gasteiger partial charge on any atom is 0.416 e. The fraction of sp³-hybridized carbons (Fsp3) is 0.500. The summed E-state index contributed by atoms with van der Waals surface area (Å²) in [6.45, 7) is 4.86. The van der Waals surface area contributed by atoms with Crippen molar-refractivity contribution in [1.29, 1.82) is 0 Å². The number of carboxylic acids is 1. The number of oxime groups is 1. The standard InChI is InChI=1S/C28H35F3N2O3/c1-3-21-15-20(9-10-24(21)17-32-14-13-27(34)35)18-36-33-19(2)23-11-12-25(22-7-5-4-6-8-22)26(16-23)28(29,30)31/h9-12,15-16,22,32H,3-8,13-14,17-18H2,1-2H3,(H,34,35)/b33-19+. The molecule has 1 aliphatic carbocycles. The number of carboxylic acid groups (broad SMARTS) is 1. The summed E-state index contributed by atoms with van der Waals surface area (Å²) in [5, 5.41) is 16.0. The van der Waals surface area contributed by atoms with Crippen molar-refractivity contribution in [3.63, 3.8) is 0 Å². The van der Waals surface area contributed by atoms with Crippen LogP contribution in [0.3, 0.4) is 0 Å². The van der Waals surface area contributed by atoms with Gasteiger partial charge in [0.25, 0.3) is 0 Å². The Morgan fingerprint density at radius 2 is 1.86 bits per heavy atom. The molecule has 5 nitrogen and oxygen atoms in total. The molecule has 36 heavy (non-hydrogen) atoms. The molecule has 0 atom stereocenters. The van der Waals surface area contributed by atoms with Gasteiger partial charge < -0.3 is 15.3 Å². The summed E-state index contributed by atoms with van der Waals surface area (Å²) >= 11 is 0. The van der Waals surface area contributed by atoms with Crippen LogP contribution in [0, 0.1) is 0 Å². The number of halogens is 3. The van der Waals surface area contributed by atoms with Gasteiger partial charge in [0.1, 0.15) is 6.61 Å². The maximum atomic E-state index is 13.9. The van der Waals surface area contributed by atoms with Crippen LogP contribution in [0.2, 0.25) is 0 Å². The van der Waals surface area contributed by atoms with Gasteiger partial charge in [0.15, 0.2) is 0 Å². The first-order valence-electron chi connectivity index (χ1n) is 12.6. The molecule has 0 aromatic heterocycles. The highest BCUT2D eigenvalue weighted by atomic mass is 19.4. The molecule has 0 amide bonds. The summed E-state index contributed by atoms with van der Waals surface area (Å²) in [7, 11) is 0. The molecule has 196 valence electrons. The van der Waals surface area contributed by atoms with Crippen LogP contribution in [0.25, 0.3) is 0 Å². The molecule has 1 aliphatic rings. The average Bonchev–Trinajstić information content (AvgIpc) is 2.86. The summed E-state index contributed by atoms with van der Waals surface area (Å²) in [6, 6.07) is 10.4. The van der Waals surface area contributed by atoms with Gasteiger partial charge in [0.2, 0.25) is 0 Å². The lowest BCUT2D eigenvalue weighted by Gasteiger charge is -2.25. The highest BCUT2D eigenvalue weighted by Gasteiger charge is 2.36. The SMILES string of the molecule is CCc1cc(CO/N=C(\C)c2ccc(C3CCCCC3)c(C(F)(F)F)c2)ccc1CNCCC(=O)O. The van der Waals surface area contributed by atoms with E-state index in [0.29, 0.717) is 29.9 Å². The van der Waals surface area contributed by atoms with E-state index >= 15 is 0 Å². The summed E-state index contributed by atoms with van der Waals surface area (Å²) in [5.74, 6) is -0.877. The Morgan fingerprint density at radius 3 is 2.53 bits per heavy atom. The number of alkyl halides is 3. The van der Waals surface area contributed by atoms with E-state index in [-0.39, 0.29) is 18.9 Å². The van der Waals surface area contributed by atoms with Gasteiger partial charge >= 0.3 is 12.1 Å². The molecule has 2 aromatic carbocycles. The van der Waals surface area contributed by atoms with Crippen molar-refractivity contribution in [2.45, 2.75) is 84.0 Å². The molecule has 0 radical (unpaired) electrons. The normalized spacial score (nSPS) is 15.2. The van der Waals surface area contributed by atoms with Crippen molar-refractivity contribution in [1.82, 2.24) is 5.32 Å². The Kier molecular flexibility index (Phi) is 9.93. The molecule has 1 fully saturated rings. The number of nitrogens with one attached hydrogen (secondary N) is 1. The van der Waals surface area contributed by atoms with Gasteiger partial charge in [-0.05, 0) is 66.0 Å². The lowest BCUT2D eigenvalue weighted by atomic mass is 9.81. The van der Waals surface area contributed by atoms with Crippen molar-refractivity contribution in [2.75, 3.05) is 6.54 Å². The van der Waals surface area contributed by atoms with Gasteiger partial charge in [0.05, 0.1) is 17.7 Å². The van der Waals surface area contributed by atoms with Crippen molar-refractivity contribution in [2.24, 2.45) is 5.16 Å². The number of aliphatic carboxylic acids is 1. The lowest BCUT2D eigenvalue weighted by Crippen LogP contribution is -2.18. The third kappa shape index (κ3) is 7.82. The predicted molar refractivity (Wildman–Crippen MR) is 134 cm³/mol. The number of hydrogen-bond donors (Lipinski definition) is 2. The topological polar surface area (TPSA) is 70.9 Å². The Labute approximate surface area is 210 Å². The first kappa shape index (κ1) is 27.7. The minimum atomic E-state index is -4.41. The predicted octanol–water partition coefficient (Wildman–Crippen LogP) is 6.82. The van der Waals surface area contributed by atoms with E-state index in [1.54, 1.807) is 19.1 Å². The minimum absolute atomic E-state index is 0.0407. The van der Waals surface area contributed by atoms with E-state index in [0.717, 1.165) is 55.2 Å². The lowest BCUT2D eigenvalue weighted by molar-refractivity contribution is -0.138. The first-order chi connectivity index (χ1) is 17.2. The molecule has 0 unspecified atom stereocenters. The Hall–Kier alpha value is -2.87. The van der Waals surface area contributed by atoms with Crippen LogP contribution in [0.4, 0.5) is 13.2 Å². The number of rotatable bonds is 11. The fourth-order valence-electron chi connectivity index (χ4n) is 4.74. The van der Waals surface area contributed by atoms with Crippen LogP contribution in [-0.4, -0.2) is 23.3 Å². The van der Waals surface area contributed by atoms with Crippen molar-refractivity contribution < 1.29 is 27.9 Å². The van der Waals surface area contributed by atoms with E-state index in [1.165, 1.54) is 6.07 Å². The van der Waals surface area contributed by atoms with E-state index in [9.17, 15) is 18.0 Å². The maximum absolute atomic E-state index is 13.9. The fourth-order valence-corrected chi connectivity index (χ4v) is 4.74. The summed E-state index contributed by atoms with van der Waals surface area (Å²) in [5.41, 5.74) is 3.73. The first-order valence-corrected chi connectivity index (χ1v) is 12.6. The molecule has 0 heterocycles. The van der Waals surface area contributed by atoms with Gasteiger partial charge in [-0.3, -0.25) is 4.79 Å². The second-order valence-corrected chi connectivity index (χ2v) is 9.36. The minimum Gasteiger partial charge on any atom is -0.481 e. The third-order valence-corrected chi connectivity index (χ3v) is 6.74. The highest BCUT2D eigenvalue weighted by Crippen LogP contribution is 2.41. The van der Waals surface area contributed by atoms with Crippen molar-refractivity contribution in [3.05, 3.63) is 69.8 Å². The summed E-state index contributed by atoms with van der Waals surface area (Å²) < 4.78 is 41.6. The molecule has 0 spiro atoms. The van der Waals surface area contributed by atoms with E-state index in [1.807, 2.05) is 25.1 Å². The second kappa shape index (κ2) is 12.9. The zero-order valence-electron chi connectivity index (χ0n) is 21.0. The quantitative estimate of drug-likeness (QED) is 0.200. The molecule has 0 aliphatic heterocycles. The number of nitrogens with zero attached hydrogens (tertiary/aromatic N) is 1. The molecular weight excluding hydrogens is 469 g/mol. The summed E-state index contributed by atoms with van der Waals surface area (Å²) in [6.07, 6.45) is 1.10. The van der Waals surface area contributed by atoms with Gasteiger partial charge in [0, 0.05) is 13.1 Å². The van der Waals surface area contributed by atoms with E-state index in [2.05, 4.69) is 10.5 Å². The number of benzene rings is 2. The van der Waals surface area contributed by atoms with E-state index < -0.39 is 17.7 Å². The van der Waals surface area contributed by atoms with Crippen LogP contribution in [-0.2, 0) is 35.4 Å². The molecule has 0 saturated heterocycles. The smallest absolute Gasteiger partial charge is 0.416 e. The van der Waals surface area contributed by atoms with Crippen LogP contribution < -0.4 is 5.32 Å². The second-order valence-electron chi connectivity index (χ2n) is 9.36. The third-order valence-electron chi connectivity index (χ3n) is 6.74. The zero-order chi connectivity index (χ0) is 26.1. The Bertz CT molecular complexity index is 1060. The Balaban J connectivity index is 1.66. The van der Waals surface area contributed by atoms with Crippen LogP contribution in [0.5, 0.6) is 0 Å².